The number of amides is 2. The van der Waals surface area contributed by atoms with Crippen molar-refractivity contribution in [2.75, 3.05) is 12.3 Å². The van der Waals surface area contributed by atoms with Gasteiger partial charge in [0.25, 0.3) is 11.8 Å². The fraction of sp³-hybridized carbons (Fsp3) is 0.182. The van der Waals surface area contributed by atoms with E-state index in [9.17, 15) is 18.0 Å². The number of hydrogen-bond donors (Lipinski definition) is 1. The molecular formula is C22H20ClN5O5S. The summed E-state index contributed by atoms with van der Waals surface area (Å²) in [5.41, 5.74) is 7.86. The predicted octanol–water partition coefficient (Wildman–Crippen LogP) is 2.99. The Labute approximate surface area is 200 Å². The minimum Gasteiger partial charge on any atom is -0.382 e. The number of aryl methyl sites for hydroxylation is 2. The number of benzene rings is 2. The number of hydrogen-bond acceptors (Lipinski definition) is 8. The van der Waals surface area contributed by atoms with E-state index < -0.39 is 21.9 Å². The fourth-order valence-electron chi connectivity index (χ4n) is 3.41. The van der Waals surface area contributed by atoms with E-state index >= 15 is 0 Å². The number of carbonyl (C=O) groups excluding carboxylic acids is 2. The molecule has 2 aromatic carbocycles. The second-order valence-corrected chi connectivity index (χ2v) is 9.51. The first-order valence-electron chi connectivity index (χ1n) is 10.1. The number of nitrogens with zero attached hydrogens (tertiary/aromatic N) is 4. The minimum absolute atomic E-state index is 0.0108. The Morgan fingerprint density at radius 3 is 2.18 bits per heavy atom. The van der Waals surface area contributed by atoms with E-state index in [1.54, 1.807) is 43.3 Å². The van der Waals surface area contributed by atoms with Gasteiger partial charge >= 0.3 is 10.1 Å². The monoisotopic (exact) mass is 501 g/mol. The van der Waals surface area contributed by atoms with Crippen LogP contribution in [-0.4, -0.2) is 47.3 Å². The van der Waals surface area contributed by atoms with Gasteiger partial charge in [0.2, 0.25) is 0 Å². The SMILES string of the molecule is Cc1ccc(S(=O)(=O)O/N=C(/CCN2C(=O)c3ccccc3C2=O)n2nc(C)c(Cl)c2N)cc1. The molecule has 0 fully saturated rings. The quantitative estimate of drug-likeness (QED) is 0.237. The Bertz CT molecular complexity index is 1400. The molecule has 0 unspecified atom stereocenters. The zero-order valence-corrected chi connectivity index (χ0v) is 19.8. The average molecular weight is 502 g/mol. The highest BCUT2D eigenvalue weighted by atomic mass is 35.5. The van der Waals surface area contributed by atoms with Crippen LogP contribution < -0.4 is 5.73 Å². The lowest BCUT2D eigenvalue weighted by Gasteiger charge is -2.15. The standard InChI is InChI=1S/C22H20ClN5O5S/c1-13-7-9-15(10-8-13)34(31,32)33-26-18(28-20(24)19(23)14(2)25-28)11-12-27-21(29)16-5-3-4-6-17(16)22(27)30/h3-10H,11-12,24H2,1-2H3/b26-18-. The average Bonchev–Trinajstić information content (AvgIpc) is 3.21. The van der Waals surface area contributed by atoms with Gasteiger partial charge in [0.1, 0.15) is 15.7 Å². The number of aromatic nitrogens is 2. The summed E-state index contributed by atoms with van der Waals surface area (Å²) in [5.74, 6) is -0.969. The van der Waals surface area contributed by atoms with Crippen LogP contribution in [0.1, 0.15) is 38.4 Å². The molecule has 12 heteroatoms. The van der Waals surface area contributed by atoms with E-state index in [0.29, 0.717) is 16.8 Å². The molecule has 34 heavy (non-hydrogen) atoms. The molecule has 4 rings (SSSR count). The van der Waals surface area contributed by atoms with E-state index in [-0.39, 0.29) is 34.5 Å². The topological polar surface area (TPSA) is 137 Å². The van der Waals surface area contributed by atoms with Gasteiger partial charge in [-0.05, 0) is 43.3 Å². The number of carbonyl (C=O) groups is 2. The second kappa shape index (κ2) is 8.92. The molecule has 1 aromatic heterocycles. The summed E-state index contributed by atoms with van der Waals surface area (Å²) in [5, 5.41) is 8.13. The minimum atomic E-state index is -4.25. The third-order valence-corrected chi connectivity index (χ3v) is 6.84. The van der Waals surface area contributed by atoms with Gasteiger partial charge in [0.15, 0.2) is 5.84 Å². The number of nitrogens with two attached hydrogens (primary N) is 1. The number of fused-ring (bicyclic) bond motifs is 1. The van der Waals surface area contributed by atoms with Gasteiger partial charge in [-0.25, -0.2) is 0 Å². The summed E-state index contributed by atoms with van der Waals surface area (Å²) < 4.78 is 31.3. The van der Waals surface area contributed by atoms with Crippen molar-refractivity contribution in [3.8, 4) is 0 Å². The van der Waals surface area contributed by atoms with Crippen molar-refractivity contribution in [3.63, 3.8) is 0 Å². The molecular weight excluding hydrogens is 482 g/mol. The third-order valence-electron chi connectivity index (χ3n) is 5.25. The van der Waals surface area contributed by atoms with Gasteiger partial charge in [0, 0.05) is 13.0 Å². The summed E-state index contributed by atoms with van der Waals surface area (Å²) in [6.07, 6.45) is -0.101. The van der Waals surface area contributed by atoms with Gasteiger partial charge in [-0.2, -0.15) is 18.2 Å². The maximum atomic E-state index is 12.7. The molecule has 176 valence electrons. The van der Waals surface area contributed by atoms with Crippen LogP contribution in [0.25, 0.3) is 0 Å². The number of oxime groups is 1. The molecule has 0 atom stereocenters. The fourth-order valence-corrected chi connectivity index (χ4v) is 4.26. The first-order chi connectivity index (χ1) is 16.1. The number of imide groups is 1. The van der Waals surface area contributed by atoms with Crippen LogP contribution in [0.3, 0.4) is 0 Å². The van der Waals surface area contributed by atoms with E-state index in [2.05, 4.69) is 10.3 Å². The highest BCUT2D eigenvalue weighted by Crippen LogP contribution is 2.25. The smallest absolute Gasteiger partial charge is 0.358 e. The molecule has 2 amide bonds. The summed E-state index contributed by atoms with van der Waals surface area (Å²) in [7, 11) is -4.25. The van der Waals surface area contributed by atoms with Crippen molar-refractivity contribution in [1.82, 2.24) is 14.7 Å². The van der Waals surface area contributed by atoms with Crippen LogP contribution in [0.5, 0.6) is 0 Å². The van der Waals surface area contributed by atoms with Gasteiger partial charge in [-0.1, -0.05) is 41.4 Å². The molecule has 0 radical (unpaired) electrons. The number of halogens is 1. The predicted molar refractivity (Wildman–Crippen MR) is 125 cm³/mol. The molecule has 0 aliphatic carbocycles. The Morgan fingerprint density at radius 2 is 1.65 bits per heavy atom. The Hall–Kier alpha value is -3.70. The van der Waals surface area contributed by atoms with Crippen LogP contribution in [0.4, 0.5) is 5.82 Å². The lowest BCUT2D eigenvalue weighted by atomic mass is 10.1. The highest BCUT2D eigenvalue weighted by molar-refractivity contribution is 7.86. The molecule has 2 heterocycles. The second-order valence-electron chi connectivity index (χ2n) is 7.60. The van der Waals surface area contributed by atoms with Gasteiger partial charge in [0.05, 0.1) is 16.8 Å². The largest absolute Gasteiger partial charge is 0.382 e. The normalized spacial score (nSPS) is 14.0. The van der Waals surface area contributed by atoms with Crippen molar-refractivity contribution in [2.45, 2.75) is 25.2 Å². The van der Waals surface area contributed by atoms with Crippen LogP contribution in [-0.2, 0) is 14.4 Å². The van der Waals surface area contributed by atoms with Crippen molar-refractivity contribution >= 4 is 45.2 Å². The van der Waals surface area contributed by atoms with Crippen molar-refractivity contribution in [3.05, 3.63) is 75.9 Å². The Balaban J connectivity index is 1.63. The molecule has 10 nitrogen and oxygen atoms in total. The number of anilines is 1. The third kappa shape index (κ3) is 4.27. The van der Waals surface area contributed by atoms with E-state index in [1.807, 2.05) is 6.92 Å². The van der Waals surface area contributed by atoms with E-state index in [1.165, 1.54) is 12.1 Å². The number of nitrogen functional groups attached to an aromatic ring is 1. The summed E-state index contributed by atoms with van der Waals surface area (Å²) >= 11 is 6.14. The van der Waals surface area contributed by atoms with Crippen molar-refractivity contribution in [1.29, 1.82) is 0 Å². The zero-order valence-electron chi connectivity index (χ0n) is 18.2. The molecule has 0 saturated carbocycles. The lowest BCUT2D eigenvalue weighted by Crippen LogP contribution is -2.33. The van der Waals surface area contributed by atoms with Crippen LogP contribution in [0.15, 0.2) is 58.6 Å². The summed E-state index contributed by atoms with van der Waals surface area (Å²) in [6, 6.07) is 12.5. The maximum Gasteiger partial charge on any atom is 0.358 e. The van der Waals surface area contributed by atoms with Gasteiger partial charge < -0.3 is 5.73 Å². The molecule has 0 saturated heterocycles. The number of rotatable bonds is 6. The van der Waals surface area contributed by atoms with Crippen LogP contribution in [0, 0.1) is 13.8 Å². The maximum absolute atomic E-state index is 12.7. The Kier molecular flexibility index (Phi) is 6.15. The first-order valence-corrected chi connectivity index (χ1v) is 11.9. The molecule has 2 N–H and O–H groups in total. The van der Waals surface area contributed by atoms with E-state index in [0.717, 1.165) is 15.1 Å². The van der Waals surface area contributed by atoms with Gasteiger partial charge in [-0.3, -0.25) is 18.8 Å². The lowest BCUT2D eigenvalue weighted by molar-refractivity contribution is 0.0658. The summed E-state index contributed by atoms with van der Waals surface area (Å²) in [4.78, 5) is 26.3. The summed E-state index contributed by atoms with van der Waals surface area (Å²) in [6.45, 7) is 3.31. The van der Waals surface area contributed by atoms with Crippen LogP contribution >= 0.6 is 11.6 Å². The van der Waals surface area contributed by atoms with E-state index in [4.69, 9.17) is 21.6 Å². The first kappa shape index (κ1) is 23.5. The molecule has 1 aliphatic heterocycles. The van der Waals surface area contributed by atoms with Crippen LogP contribution in [0.2, 0.25) is 5.02 Å². The van der Waals surface area contributed by atoms with Crippen molar-refractivity contribution < 1.29 is 22.3 Å². The molecule has 3 aromatic rings. The van der Waals surface area contributed by atoms with Crippen molar-refractivity contribution in [2.24, 2.45) is 5.16 Å². The molecule has 1 aliphatic rings. The highest BCUT2D eigenvalue weighted by Gasteiger charge is 2.35. The van der Waals surface area contributed by atoms with Gasteiger partial charge in [-0.15, -0.1) is 0 Å². The zero-order chi connectivity index (χ0) is 24.6. The molecule has 0 bridgehead atoms. The molecule has 0 spiro atoms. The Morgan fingerprint density at radius 1 is 1.06 bits per heavy atom.